The summed E-state index contributed by atoms with van der Waals surface area (Å²) < 4.78 is 29.7. The molecule has 1 amide bonds. The number of hydrogen-bond donors (Lipinski definition) is 1. The second-order valence-electron chi connectivity index (χ2n) is 9.20. The van der Waals surface area contributed by atoms with Gasteiger partial charge < -0.3 is 5.32 Å². The van der Waals surface area contributed by atoms with Crippen molar-refractivity contribution >= 4 is 15.9 Å². The third-order valence-corrected chi connectivity index (χ3v) is 8.79. The second kappa shape index (κ2) is 9.72. The lowest BCUT2D eigenvalue weighted by atomic mass is 9.97. The summed E-state index contributed by atoms with van der Waals surface area (Å²) in [6.07, 6.45) is 7.83. The zero-order valence-electron chi connectivity index (χ0n) is 19.2. The molecule has 0 spiro atoms. The summed E-state index contributed by atoms with van der Waals surface area (Å²) in [6.45, 7) is 1.89. The summed E-state index contributed by atoms with van der Waals surface area (Å²) in [5, 5.41) is 7.27. The normalized spacial score (nSPS) is 16.9. The Morgan fingerprint density at radius 1 is 1.00 bits per heavy atom. The predicted molar refractivity (Wildman–Crippen MR) is 130 cm³/mol. The Kier molecular flexibility index (Phi) is 6.52. The number of nitrogens with one attached hydrogen (secondary N) is 1. The Balaban J connectivity index is 1.14. The Morgan fingerprint density at radius 3 is 2.59 bits per heavy atom. The van der Waals surface area contributed by atoms with E-state index in [0.717, 1.165) is 36.0 Å². The number of fused-ring (bicyclic) bond motifs is 1. The van der Waals surface area contributed by atoms with E-state index in [0.29, 0.717) is 43.9 Å². The number of rotatable bonds is 7. The molecule has 2 aromatic carbocycles. The molecule has 178 valence electrons. The molecule has 8 heteroatoms. The molecule has 0 atom stereocenters. The quantitative estimate of drug-likeness (QED) is 0.566. The number of amides is 1. The van der Waals surface area contributed by atoms with E-state index in [4.69, 9.17) is 0 Å². The lowest BCUT2D eigenvalue weighted by molar-refractivity contribution is -0.126. The molecule has 0 unspecified atom stereocenters. The summed E-state index contributed by atoms with van der Waals surface area (Å²) in [6, 6.07) is 15.5. The van der Waals surface area contributed by atoms with Gasteiger partial charge in [-0.05, 0) is 72.6 Å². The van der Waals surface area contributed by atoms with E-state index in [1.807, 2.05) is 47.3 Å². The van der Waals surface area contributed by atoms with Gasteiger partial charge in [0.2, 0.25) is 15.9 Å². The predicted octanol–water partition coefficient (Wildman–Crippen LogP) is 3.14. The lowest BCUT2D eigenvalue weighted by Gasteiger charge is -2.30. The molecule has 2 heterocycles. The molecule has 1 N–H and O–H groups in total. The van der Waals surface area contributed by atoms with E-state index >= 15 is 0 Å². The first-order valence-corrected chi connectivity index (χ1v) is 13.4. The Hall–Kier alpha value is -2.97. The van der Waals surface area contributed by atoms with Crippen LogP contribution in [0.1, 0.15) is 41.5 Å². The minimum atomic E-state index is -3.52. The van der Waals surface area contributed by atoms with Crippen molar-refractivity contribution in [1.29, 1.82) is 0 Å². The van der Waals surface area contributed by atoms with E-state index in [1.54, 1.807) is 12.3 Å². The van der Waals surface area contributed by atoms with Gasteiger partial charge in [-0.15, -0.1) is 0 Å². The molecule has 0 bridgehead atoms. The van der Waals surface area contributed by atoms with Gasteiger partial charge in [-0.25, -0.2) is 8.42 Å². The van der Waals surface area contributed by atoms with Crippen LogP contribution in [0.3, 0.4) is 0 Å². The molecule has 1 aromatic heterocycles. The minimum Gasteiger partial charge on any atom is -0.352 e. The van der Waals surface area contributed by atoms with E-state index in [1.165, 1.54) is 9.87 Å². The van der Waals surface area contributed by atoms with E-state index in [-0.39, 0.29) is 11.8 Å². The van der Waals surface area contributed by atoms with Crippen LogP contribution >= 0.6 is 0 Å². The summed E-state index contributed by atoms with van der Waals surface area (Å²) in [7, 11) is -3.52. The fourth-order valence-corrected chi connectivity index (χ4v) is 6.49. The van der Waals surface area contributed by atoms with Gasteiger partial charge in [-0.3, -0.25) is 9.48 Å². The average Bonchev–Trinajstić information content (AvgIpc) is 3.54. The third-order valence-electron chi connectivity index (χ3n) is 6.89. The van der Waals surface area contributed by atoms with Gasteiger partial charge in [0.15, 0.2) is 0 Å². The van der Waals surface area contributed by atoms with Gasteiger partial charge in [0.1, 0.15) is 0 Å². The van der Waals surface area contributed by atoms with Gasteiger partial charge in [0, 0.05) is 37.9 Å². The molecule has 0 saturated carbocycles. The highest BCUT2D eigenvalue weighted by molar-refractivity contribution is 7.89. The number of hydrogen-bond acceptors (Lipinski definition) is 4. The van der Waals surface area contributed by atoms with Crippen LogP contribution in [0.2, 0.25) is 0 Å². The number of sulfonamides is 1. The molecule has 0 radical (unpaired) electrons. The van der Waals surface area contributed by atoms with Crippen LogP contribution in [0.5, 0.6) is 0 Å². The van der Waals surface area contributed by atoms with Crippen LogP contribution in [0.25, 0.3) is 0 Å². The topological polar surface area (TPSA) is 84.3 Å². The molecule has 34 heavy (non-hydrogen) atoms. The van der Waals surface area contributed by atoms with Gasteiger partial charge in [0.05, 0.1) is 11.4 Å². The smallest absolute Gasteiger partial charge is 0.243 e. The highest BCUT2D eigenvalue weighted by atomic mass is 32.2. The summed E-state index contributed by atoms with van der Waals surface area (Å²) in [5.41, 5.74) is 4.58. The van der Waals surface area contributed by atoms with Crippen molar-refractivity contribution in [3.05, 3.63) is 83.2 Å². The Bertz CT molecular complexity index is 1260. The number of piperidine rings is 1. The monoisotopic (exact) mass is 478 g/mol. The summed E-state index contributed by atoms with van der Waals surface area (Å²) >= 11 is 0. The molecule has 3 aromatic rings. The minimum absolute atomic E-state index is 0.00735. The van der Waals surface area contributed by atoms with Crippen molar-refractivity contribution < 1.29 is 13.2 Å². The average molecular weight is 479 g/mol. The van der Waals surface area contributed by atoms with Crippen molar-refractivity contribution in [1.82, 2.24) is 19.4 Å². The third kappa shape index (κ3) is 4.93. The molecular formula is C26H30N4O3S. The maximum absolute atomic E-state index is 13.1. The number of carbonyl (C=O) groups is 1. The van der Waals surface area contributed by atoms with Crippen molar-refractivity contribution in [2.75, 3.05) is 13.1 Å². The number of aromatic nitrogens is 2. The first-order chi connectivity index (χ1) is 16.5. The summed E-state index contributed by atoms with van der Waals surface area (Å²) in [5.74, 6) is -0.175. The van der Waals surface area contributed by atoms with Crippen molar-refractivity contribution in [3.63, 3.8) is 0 Å². The largest absolute Gasteiger partial charge is 0.352 e. The van der Waals surface area contributed by atoms with Crippen LogP contribution in [-0.2, 0) is 40.7 Å². The summed E-state index contributed by atoms with van der Waals surface area (Å²) in [4.78, 5) is 13.2. The standard InChI is InChI=1S/C26H30N4O3S/c31-26(27-18-20-4-1-5-21(16-20)19-29-13-3-12-28-29)23-10-14-30(15-11-23)34(32,33)25-9-8-22-6-2-7-24(22)17-25/h1,3-5,8-9,12-13,16-17,23H,2,6-7,10-11,14-15,18-19H2,(H,27,31). The van der Waals surface area contributed by atoms with Gasteiger partial charge in [0.25, 0.3) is 0 Å². The molecule has 5 rings (SSSR count). The molecule has 7 nitrogen and oxygen atoms in total. The molecule has 1 saturated heterocycles. The van der Waals surface area contributed by atoms with Crippen LogP contribution in [0.4, 0.5) is 0 Å². The molecule has 1 fully saturated rings. The van der Waals surface area contributed by atoms with Crippen LogP contribution < -0.4 is 5.32 Å². The number of nitrogens with zero attached hydrogens (tertiary/aromatic N) is 3. The molecule has 2 aliphatic rings. The first-order valence-electron chi connectivity index (χ1n) is 11.9. The second-order valence-corrected chi connectivity index (χ2v) is 11.1. The SMILES string of the molecule is O=C(NCc1cccc(Cn2cccn2)c1)C1CCN(S(=O)(=O)c2ccc3c(c2)CCC3)CC1. The maximum Gasteiger partial charge on any atom is 0.243 e. The number of benzene rings is 2. The van der Waals surface area contributed by atoms with Gasteiger partial charge >= 0.3 is 0 Å². The van der Waals surface area contributed by atoms with E-state index < -0.39 is 10.0 Å². The Labute approximate surface area is 200 Å². The van der Waals surface area contributed by atoms with Crippen LogP contribution in [0, 0.1) is 5.92 Å². The Morgan fingerprint density at radius 2 is 1.79 bits per heavy atom. The van der Waals surface area contributed by atoms with Gasteiger partial charge in [-0.1, -0.05) is 30.3 Å². The van der Waals surface area contributed by atoms with E-state index in [9.17, 15) is 13.2 Å². The fourth-order valence-electron chi connectivity index (χ4n) is 4.97. The van der Waals surface area contributed by atoms with Gasteiger partial charge in [-0.2, -0.15) is 9.40 Å². The number of carbonyl (C=O) groups excluding carboxylic acids is 1. The first kappa shape index (κ1) is 22.8. The van der Waals surface area contributed by atoms with Crippen molar-refractivity contribution in [2.45, 2.75) is 50.1 Å². The number of aryl methyl sites for hydroxylation is 2. The zero-order valence-corrected chi connectivity index (χ0v) is 20.0. The fraction of sp³-hybridized carbons (Fsp3) is 0.385. The lowest BCUT2D eigenvalue weighted by Crippen LogP contribution is -2.42. The molecule has 1 aliphatic carbocycles. The highest BCUT2D eigenvalue weighted by Crippen LogP contribution is 2.28. The van der Waals surface area contributed by atoms with Crippen molar-refractivity contribution in [2.24, 2.45) is 5.92 Å². The molecular weight excluding hydrogens is 448 g/mol. The highest BCUT2D eigenvalue weighted by Gasteiger charge is 2.32. The van der Waals surface area contributed by atoms with Crippen LogP contribution in [0.15, 0.2) is 65.8 Å². The maximum atomic E-state index is 13.1. The zero-order chi connectivity index (χ0) is 23.5. The van der Waals surface area contributed by atoms with Crippen LogP contribution in [-0.4, -0.2) is 41.5 Å². The van der Waals surface area contributed by atoms with Crippen molar-refractivity contribution in [3.8, 4) is 0 Å². The molecule has 1 aliphatic heterocycles. The van der Waals surface area contributed by atoms with E-state index in [2.05, 4.69) is 16.5 Å².